The summed E-state index contributed by atoms with van der Waals surface area (Å²) in [5, 5.41) is 9.61. The molecule has 1 heterocycles. The van der Waals surface area contributed by atoms with Crippen LogP contribution in [0.5, 0.6) is 0 Å². The summed E-state index contributed by atoms with van der Waals surface area (Å²) in [4.78, 5) is 13.1. The number of methoxy groups -OCH3 is 1. The van der Waals surface area contributed by atoms with Gasteiger partial charge in [0.1, 0.15) is 0 Å². The zero-order valence-corrected chi connectivity index (χ0v) is 8.25. The first-order valence-corrected chi connectivity index (χ1v) is 4.54. The SMILES string of the molecule is COCCC(=O)N1CCC(C)(O)C1. The molecule has 0 radical (unpaired) electrons. The van der Waals surface area contributed by atoms with Crippen LogP contribution in [0.2, 0.25) is 0 Å². The second kappa shape index (κ2) is 4.07. The highest BCUT2D eigenvalue weighted by atomic mass is 16.5. The number of aliphatic hydroxyl groups is 1. The van der Waals surface area contributed by atoms with Crippen molar-refractivity contribution < 1.29 is 14.6 Å². The van der Waals surface area contributed by atoms with Crippen molar-refractivity contribution in [3.05, 3.63) is 0 Å². The number of ether oxygens (including phenoxy) is 1. The summed E-state index contributed by atoms with van der Waals surface area (Å²) in [5.41, 5.74) is -0.692. The van der Waals surface area contributed by atoms with E-state index in [1.165, 1.54) is 0 Å². The summed E-state index contributed by atoms with van der Waals surface area (Å²) in [6, 6.07) is 0. The number of amides is 1. The summed E-state index contributed by atoms with van der Waals surface area (Å²) >= 11 is 0. The van der Waals surface area contributed by atoms with Crippen LogP contribution in [0, 0.1) is 0 Å². The maximum Gasteiger partial charge on any atom is 0.224 e. The predicted octanol–water partition coefficient (Wildman–Crippen LogP) is 0.00620. The van der Waals surface area contributed by atoms with Gasteiger partial charge in [0, 0.05) is 20.2 Å². The van der Waals surface area contributed by atoms with Crippen LogP contribution in [-0.2, 0) is 9.53 Å². The largest absolute Gasteiger partial charge is 0.388 e. The third-order valence-electron chi connectivity index (χ3n) is 2.32. The molecule has 1 rings (SSSR count). The Morgan fingerprint density at radius 1 is 1.69 bits per heavy atom. The maximum absolute atomic E-state index is 11.4. The molecule has 0 aromatic carbocycles. The minimum atomic E-state index is -0.692. The van der Waals surface area contributed by atoms with Gasteiger partial charge in [0.2, 0.25) is 5.91 Å². The molecule has 1 N–H and O–H groups in total. The van der Waals surface area contributed by atoms with E-state index in [4.69, 9.17) is 4.74 Å². The Balaban J connectivity index is 2.33. The molecule has 1 amide bonds. The second-order valence-corrected chi connectivity index (χ2v) is 3.81. The predicted molar refractivity (Wildman–Crippen MR) is 48.3 cm³/mol. The molecular formula is C9H17NO3. The van der Waals surface area contributed by atoms with Gasteiger partial charge in [-0.3, -0.25) is 4.79 Å². The Hall–Kier alpha value is -0.610. The Morgan fingerprint density at radius 2 is 2.38 bits per heavy atom. The van der Waals surface area contributed by atoms with Gasteiger partial charge in [-0.15, -0.1) is 0 Å². The average Bonchev–Trinajstić information content (AvgIpc) is 2.42. The first-order valence-electron chi connectivity index (χ1n) is 4.54. The summed E-state index contributed by atoms with van der Waals surface area (Å²) < 4.78 is 4.81. The first-order chi connectivity index (χ1) is 6.05. The van der Waals surface area contributed by atoms with Crippen LogP contribution < -0.4 is 0 Å². The van der Waals surface area contributed by atoms with Gasteiger partial charge in [-0.05, 0) is 13.3 Å². The van der Waals surface area contributed by atoms with Crippen molar-refractivity contribution in [2.45, 2.75) is 25.4 Å². The van der Waals surface area contributed by atoms with Crippen molar-refractivity contribution in [1.29, 1.82) is 0 Å². The van der Waals surface area contributed by atoms with Gasteiger partial charge < -0.3 is 14.7 Å². The smallest absolute Gasteiger partial charge is 0.224 e. The lowest BCUT2D eigenvalue weighted by molar-refractivity contribution is -0.131. The van der Waals surface area contributed by atoms with Crippen molar-refractivity contribution in [2.75, 3.05) is 26.8 Å². The minimum Gasteiger partial charge on any atom is -0.388 e. The summed E-state index contributed by atoms with van der Waals surface area (Å²) in [7, 11) is 1.58. The molecule has 0 aliphatic carbocycles. The Kier molecular flexibility index (Phi) is 3.27. The first kappa shape index (κ1) is 10.5. The topological polar surface area (TPSA) is 49.8 Å². The number of carbonyl (C=O) groups excluding carboxylic acids is 1. The molecule has 0 bridgehead atoms. The molecule has 1 fully saturated rings. The lowest BCUT2D eigenvalue weighted by atomic mass is 10.1. The van der Waals surface area contributed by atoms with E-state index in [2.05, 4.69) is 0 Å². The van der Waals surface area contributed by atoms with E-state index in [1.807, 2.05) is 0 Å². The number of likely N-dealkylation sites (tertiary alicyclic amines) is 1. The van der Waals surface area contributed by atoms with Gasteiger partial charge in [-0.25, -0.2) is 0 Å². The lowest BCUT2D eigenvalue weighted by Crippen LogP contribution is -2.34. The van der Waals surface area contributed by atoms with Crippen LogP contribution in [0.1, 0.15) is 19.8 Å². The highest BCUT2D eigenvalue weighted by Gasteiger charge is 2.33. The number of hydrogen-bond acceptors (Lipinski definition) is 3. The third-order valence-corrected chi connectivity index (χ3v) is 2.32. The average molecular weight is 187 g/mol. The Labute approximate surface area is 78.5 Å². The molecule has 1 atom stereocenters. The van der Waals surface area contributed by atoms with E-state index < -0.39 is 5.60 Å². The molecule has 76 valence electrons. The van der Waals surface area contributed by atoms with E-state index in [9.17, 15) is 9.90 Å². The Morgan fingerprint density at radius 3 is 2.85 bits per heavy atom. The van der Waals surface area contributed by atoms with E-state index in [1.54, 1.807) is 18.9 Å². The van der Waals surface area contributed by atoms with Crippen molar-refractivity contribution in [3.63, 3.8) is 0 Å². The highest BCUT2D eigenvalue weighted by molar-refractivity contribution is 5.76. The number of β-amino-alcohol motifs (C(OH)–C–C–N with tert-alkyl or cyclic N) is 1. The second-order valence-electron chi connectivity index (χ2n) is 3.81. The molecule has 0 saturated carbocycles. The van der Waals surface area contributed by atoms with Crippen LogP contribution in [0.3, 0.4) is 0 Å². The fourth-order valence-electron chi connectivity index (χ4n) is 1.51. The number of rotatable bonds is 3. The van der Waals surface area contributed by atoms with E-state index in [0.29, 0.717) is 32.5 Å². The Bertz CT molecular complexity index is 191. The monoisotopic (exact) mass is 187 g/mol. The molecule has 0 aromatic rings. The molecule has 1 aliphatic heterocycles. The van der Waals surface area contributed by atoms with Crippen molar-refractivity contribution >= 4 is 5.91 Å². The third kappa shape index (κ3) is 2.97. The van der Waals surface area contributed by atoms with E-state index in [0.717, 1.165) is 0 Å². The molecule has 1 saturated heterocycles. The summed E-state index contributed by atoms with van der Waals surface area (Å²) in [5.74, 6) is 0.0691. The molecule has 1 unspecified atom stereocenters. The molecule has 1 aliphatic rings. The van der Waals surface area contributed by atoms with Gasteiger partial charge in [-0.2, -0.15) is 0 Å². The lowest BCUT2D eigenvalue weighted by Gasteiger charge is -2.18. The van der Waals surface area contributed by atoms with Gasteiger partial charge >= 0.3 is 0 Å². The quantitative estimate of drug-likeness (QED) is 0.677. The summed E-state index contributed by atoms with van der Waals surface area (Å²) in [6.45, 7) is 3.33. The van der Waals surface area contributed by atoms with Crippen LogP contribution in [-0.4, -0.2) is 48.3 Å². The van der Waals surface area contributed by atoms with Crippen molar-refractivity contribution in [2.24, 2.45) is 0 Å². The highest BCUT2D eigenvalue weighted by Crippen LogP contribution is 2.20. The minimum absolute atomic E-state index is 0.0691. The van der Waals surface area contributed by atoms with Crippen LogP contribution in [0.15, 0.2) is 0 Å². The fourth-order valence-corrected chi connectivity index (χ4v) is 1.51. The zero-order chi connectivity index (χ0) is 9.90. The standard InChI is InChI=1S/C9H17NO3/c1-9(12)4-5-10(7-9)8(11)3-6-13-2/h12H,3-7H2,1-2H3. The molecule has 0 spiro atoms. The summed E-state index contributed by atoms with van der Waals surface area (Å²) in [6.07, 6.45) is 1.08. The van der Waals surface area contributed by atoms with Crippen LogP contribution >= 0.6 is 0 Å². The van der Waals surface area contributed by atoms with Gasteiger partial charge in [-0.1, -0.05) is 0 Å². The van der Waals surface area contributed by atoms with Crippen LogP contribution in [0.4, 0.5) is 0 Å². The van der Waals surface area contributed by atoms with Crippen LogP contribution in [0.25, 0.3) is 0 Å². The number of carbonyl (C=O) groups is 1. The molecule has 13 heavy (non-hydrogen) atoms. The van der Waals surface area contributed by atoms with Gasteiger partial charge in [0.25, 0.3) is 0 Å². The fraction of sp³-hybridized carbons (Fsp3) is 0.889. The molecule has 4 nitrogen and oxygen atoms in total. The number of nitrogens with zero attached hydrogens (tertiary/aromatic N) is 1. The molecular weight excluding hydrogens is 170 g/mol. The van der Waals surface area contributed by atoms with E-state index in [-0.39, 0.29) is 5.91 Å². The molecule has 0 aromatic heterocycles. The van der Waals surface area contributed by atoms with Gasteiger partial charge in [0.15, 0.2) is 0 Å². The van der Waals surface area contributed by atoms with E-state index >= 15 is 0 Å². The molecule has 4 heteroatoms. The van der Waals surface area contributed by atoms with Crippen molar-refractivity contribution in [3.8, 4) is 0 Å². The maximum atomic E-state index is 11.4. The zero-order valence-electron chi connectivity index (χ0n) is 8.25. The normalized spacial score (nSPS) is 28.1. The number of hydrogen-bond donors (Lipinski definition) is 1. The van der Waals surface area contributed by atoms with Crippen molar-refractivity contribution in [1.82, 2.24) is 4.90 Å². The van der Waals surface area contributed by atoms with Gasteiger partial charge in [0.05, 0.1) is 18.6 Å².